The molecule has 5 aromatic rings. The van der Waals surface area contributed by atoms with E-state index in [9.17, 15) is 9.90 Å². The molecule has 0 bridgehead atoms. The summed E-state index contributed by atoms with van der Waals surface area (Å²) in [6.45, 7) is 0.203. The third kappa shape index (κ3) is 4.00. The molecule has 12 heteroatoms. The standard InChI is InChI=1S/C24H22N4O6S2/c1-31-15-7-18(33-11-13-12-35-21(26-13)24(30)5-3-14(29)4-6-24)16-9-20(34-19(16)8-15)17-10-25-22-28(17)27-23(32-2)36-22/h7-10,12,30H,3-6,11H2,1-2H3. The highest BCUT2D eigenvalue weighted by molar-refractivity contribution is 7.18. The van der Waals surface area contributed by atoms with Crippen LogP contribution in [0.4, 0.5) is 0 Å². The first-order valence-electron chi connectivity index (χ1n) is 11.3. The minimum atomic E-state index is -1.05. The predicted octanol–water partition coefficient (Wildman–Crippen LogP) is 4.59. The van der Waals surface area contributed by atoms with Gasteiger partial charge in [-0.05, 0) is 30.2 Å². The lowest BCUT2D eigenvalue weighted by molar-refractivity contribution is -0.125. The van der Waals surface area contributed by atoms with Crippen LogP contribution < -0.4 is 14.2 Å². The zero-order valence-electron chi connectivity index (χ0n) is 19.5. The van der Waals surface area contributed by atoms with Crippen molar-refractivity contribution in [1.29, 1.82) is 0 Å². The summed E-state index contributed by atoms with van der Waals surface area (Å²) in [4.78, 5) is 21.3. The Morgan fingerprint density at radius 2 is 2.03 bits per heavy atom. The van der Waals surface area contributed by atoms with Crippen LogP contribution in [0.1, 0.15) is 36.4 Å². The van der Waals surface area contributed by atoms with Crippen LogP contribution in [0.5, 0.6) is 16.7 Å². The number of nitrogens with zero attached hydrogens (tertiary/aromatic N) is 4. The summed E-state index contributed by atoms with van der Waals surface area (Å²) in [7, 11) is 3.15. The number of benzene rings is 1. The highest BCUT2D eigenvalue weighted by Gasteiger charge is 2.36. The van der Waals surface area contributed by atoms with Crippen molar-refractivity contribution in [3.05, 3.63) is 40.5 Å². The molecule has 1 aromatic carbocycles. The predicted molar refractivity (Wildman–Crippen MR) is 133 cm³/mol. The Morgan fingerprint density at radius 3 is 2.81 bits per heavy atom. The fourth-order valence-corrected chi connectivity index (χ4v) is 5.92. The Morgan fingerprint density at radius 1 is 1.19 bits per heavy atom. The molecule has 0 unspecified atom stereocenters. The summed E-state index contributed by atoms with van der Waals surface area (Å²) in [5.74, 6) is 1.93. The van der Waals surface area contributed by atoms with Gasteiger partial charge in [-0.3, -0.25) is 4.79 Å². The van der Waals surface area contributed by atoms with Crippen molar-refractivity contribution in [3.63, 3.8) is 0 Å². The number of hydrogen-bond donors (Lipinski definition) is 1. The molecule has 0 spiro atoms. The summed E-state index contributed by atoms with van der Waals surface area (Å²) in [6, 6.07) is 5.48. The number of imidazole rings is 1. The maximum atomic E-state index is 11.6. The van der Waals surface area contributed by atoms with E-state index < -0.39 is 5.60 Å². The summed E-state index contributed by atoms with van der Waals surface area (Å²) < 4.78 is 24.6. The largest absolute Gasteiger partial charge is 0.496 e. The number of aromatic nitrogens is 4. The number of ketones is 1. The van der Waals surface area contributed by atoms with Gasteiger partial charge in [0.2, 0.25) is 4.96 Å². The lowest BCUT2D eigenvalue weighted by Crippen LogP contribution is -2.31. The van der Waals surface area contributed by atoms with Crippen molar-refractivity contribution in [2.24, 2.45) is 0 Å². The van der Waals surface area contributed by atoms with E-state index in [2.05, 4.69) is 15.1 Å². The minimum absolute atomic E-state index is 0.187. The van der Waals surface area contributed by atoms with E-state index in [1.54, 1.807) is 37.1 Å². The average Bonchev–Trinajstić information content (AvgIpc) is 3.67. The third-order valence-electron chi connectivity index (χ3n) is 6.26. The number of Topliss-reactive ketones (excluding diaryl/α,β-unsaturated/α-hetero) is 1. The number of furan rings is 1. The summed E-state index contributed by atoms with van der Waals surface area (Å²) in [5.41, 5.74) is 0.937. The number of carbonyl (C=O) groups is 1. The molecule has 4 heterocycles. The minimum Gasteiger partial charge on any atom is -0.496 e. The van der Waals surface area contributed by atoms with Gasteiger partial charge in [0.1, 0.15) is 45.8 Å². The molecule has 6 rings (SSSR count). The highest BCUT2D eigenvalue weighted by atomic mass is 32.1. The number of methoxy groups -OCH3 is 2. The maximum absolute atomic E-state index is 11.6. The number of aliphatic hydroxyl groups is 1. The van der Waals surface area contributed by atoms with E-state index in [-0.39, 0.29) is 12.4 Å². The lowest BCUT2D eigenvalue weighted by Gasteiger charge is -2.29. The van der Waals surface area contributed by atoms with E-state index in [0.717, 1.165) is 5.39 Å². The van der Waals surface area contributed by atoms with Gasteiger partial charge in [0, 0.05) is 30.4 Å². The van der Waals surface area contributed by atoms with Crippen molar-refractivity contribution in [3.8, 4) is 28.1 Å². The molecule has 1 aliphatic rings. The van der Waals surface area contributed by atoms with Crippen LogP contribution in [-0.4, -0.2) is 44.7 Å². The molecular weight excluding hydrogens is 504 g/mol. The molecule has 1 aliphatic carbocycles. The quantitative estimate of drug-likeness (QED) is 0.325. The molecule has 0 aliphatic heterocycles. The van der Waals surface area contributed by atoms with Gasteiger partial charge in [0.15, 0.2) is 5.76 Å². The molecule has 4 aromatic heterocycles. The van der Waals surface area contributed by atoms with Crippen LogP contribution in [0.25, 0.3) is 27.4 Å². The lowest BCUT2D eigenvalue weighted by atomic mass is 9.85. The first kappa shape index (κ1) is 23.0. The topological polar surface area (TPSA) is 121 Å². The molecule has 0 radical (unpaired) electrons. The molecular formula is C24H22N4O6S2. The van der Waals surface area contributed by atoms with Gasteiger partial charge >= 0.3 is 0 Å². The van der Waals surface area contributed by atoms with Crippen molar-refractivity contribution >= 4 is 44.4 Å². The Labute approximate surface area is 213 Å². The van der Waals surface area contributed by atoms with Crippen molar-refractivity contribution < 1.29 is 28.5 Å². The molecule has 186 valence electrons. The Balaban J connectivity index is 1.28. The van der Waals surface area contributed by atoms with Crippen LogP contribution in [0.15, 0.2) is 34.2 Å². The average molecular weight is 527 g/mol. The number of ether oxygens (including phenoxy) is 3. The van der Waals surface area contributed by atoms with E-state index in [1.165, 1.54) is 22.7 Å². The van der Waals surface area contributed by atoms with E-state index >= 15 is 0 Å². The Kier molecular flexibility index (Phi) is 5.66. The van der Waals surface area contributed by atoms with Gasteiger partial charge in [-0.2, -0.15) is 4.52 Å². The van der Waals surface area contributed by atoms with Gasteiger partial charge in [-0.25, -0.2) is 9.97 Å². The molecule has 1 saturated carbocycles. The Bertz CT molecular complexity index is 1570. The normalized spacial score (nSPS) is 15.6. The summed E-state index contributed by atoms with van der Waals surface area (Å²) in [5, 5.41) is 19.1. The number of fused-ring (bicyclic) bond motifs is 2. The number of carbonyl (C=O) groups excluding carboxylic acids is 1. The smallest absolute Gasteiger partial charge is 0.294 e. The van der Waals surface area contributed by atoms with Crippen LogP contribution in [0.3, 0.4) is 0 Å². The van der Waals surface area contributed by atoms with E-state index in [4.69, 9.17) is 18.6 Å². The second-order valence-electron chi connectivity index (χ2n) is 8.56. The summed E-state index contributed by atoms with van der Waals surface area (Å²) >= 11 is 2.73. The third-order valence-corrected chi connectivity index (χ3v) is 8.23. The number of rotatable bonds is 7. The molecule has 1 N–H and O–H groups in total. The molecule has 36 heavy (non-hydrogen) atoms. The fourth-order valence-electron chi connectivity index (χ4n) is 4.27. The zero-order valence-corrected chi connectivity index (χ0v) is 21.1. The SMILES string of the molecule is COc1cc(OCc2csc(C3(O)CCC(=O)CC3)n2)c2cc(-c3cnc4sc(OC)nn34)oc2c1. The molecule has 10 nitrogen and oxygen atoms in total. The molecule has 0 atom stereocenters. The van der Waals surface area contributed by atoms with Crippen LogP contribution in [0.2, 0.25) is 0 Å². The summed E-state index contributed by atoms with van der Waals surface area (Å²) in [6.07, 6.45) is 3.27. The number of thiazole rings is 1. The van der Waals surface area contributed by atoms with Crippen molar-refractivity contribution in [2.45, 2.75) is 37.9 Å². The van der Waals surface area contributed by atoms with Gasteiger partial charge in [-0.1, -0.05) is 0 Å². The zero-order chi connectivity index (χ0) is 24.9. The molecule has 1 fully saturated rings. The van der Waals surface area contributed by atoms with Crippen molar-refractivity contribution in [2.75, 3.05) is 14.2 Å². The van der Waals surface area contributed by atoms with Gasteiger partial charge in [0.25, 0.3) is 5.19 Å². The first-order valence-corrected chi connectivity index (χ1v) is 13.0. The van der Waals surface area contributed by atoms with E-state index in [1.807, 2.05) is 11.4 Å². The fraction of sp³-hybridized carbons (Fsp3) is 0.333. The molecule has 0 saturated heterocycles. The second-order valence-corrected chi connectivity index (χ2v) is 10.3. The Hall–Kier alpha value is -3.48. The number of hydrogen-bond acceptors (Lipinski definition) is 11. The van der Waals surface area contributed by atoms with Gasteiger partial charge in [0.05, 0.1) is 31.5 Å². The van der Waals surface area contributed by atoms with Crippen LogP contribution >= 0.6 is 22.7 Å². The van der Waals surface area contributed by atoms with Gasteiger partial charge < -0.3 is 23.7 Å². The van der Waals surface area contributed by atoms with Gasteiger partial charge in [-0.15, -0.1) is 16.4 Å². The van der Waals surface area contributed by atoms with Crippen LogP contribution in [0, 0.1) is 0 Å². The molecule has 0 amide bonds. The maximum Gasteiger partial charge on any atom is 0.294 e. The van der Waals surface area contributed by atoms with Crippen LogP contribution in [-0.2, 0) is 17.0 Å². The highest BCUT2D eigenvalue weighted by Crippen LogP contribution is 2.39. The second kappa shape index (κ2) is 8.87. The first-order chi connectivity index (χ1) is 17.5. The van der Waals surface area contributed by atoms with Crippen molar-refractivity contribution in [1.82, 2.24) is 19.6 Å². The van der Waals surface area contributed by atoms with E-state index in [0.29, 0.717) is 75.1 Å². The monoisotopic (exact) mass is 526 g/mol.